The Morgan fingerprint density at radius 1 is 1.44 bits per heavy atom. The quantitative estimate of drug-likeness (QED) is 0.751. The van der Waals surface area contributed by atoms with E-state index in [4.69, 9.17) is 0 Å². The van der Waals surface area contributed by atoms with Crippen molar-refractivity contribution in [3.63, 3.8) is 0 Å². The summed E-state index contributed by atoms with van der Waals surface area (Å²) in [7, 11) is 0. The molecule has 3 atom stereocenters. The molecule has 0 aromatic carbocycles. The summed E-state index contributed by atoms with van der Waals surface area (Å²) in [5, 5.41) is 6.61. The zero-order valence-electron chi connectivity index (χ0n) is 11.5. The Kier molecular flexibility index (Phi) is 5.24. The van der Waals surface area contributed by atoms with Gasteiger partial charge in [-0.05, 0) is 57.0 Å². The molecule has 2 rings (SSSR count). The fourth-order valence-electron chi connectivity index (χ4n) is 3.03. The summed E-state index contributed by atoms with van der Waals surface area (Å²) in [4.78, 5) is 12.0. The molecule has 0 bridgehead atoms. The SMILES string of the molecule is CC(CC(=O)NC1CC=CCC1)C1CCCNC1. The van der Waals surface area contributed by atoms with Crippen molar-refractivity contribution in [1.29, 1.82) is 0 Å². The Bertz CT molecular complexity index is 295. The van der Waals surface area contributed by atoms with E-state index in [0.29, 0.717) is 24.3 Å². The van der Waals surface area contributed by atoms with E-state index >= 15 is 0 Å². The first kappa shape index (κ1) is 13.6. The standard InChI is InChI=1S/C15H26N2O/c1-12(13-6-5-9-16-11-13)10-15(18)17-14-7-3-2-4-8-14/h2-3,12-14,16H,4-11H2,1H3,(H,17,18). The molecular formula is C15H26N2O. The van der Waals surface area contributed by atoms with Crippen LogP contribution in [-0.4, -0.2) is 25.0 Å². The summed E-state index contributed by atoms with van der Waals surface area (Å²) >= 11 is 0. The van der Waals surface area contributed by atoms with Gasteiger partial charge in [0.25, 0.3) is 0 Å². The smallest absolute Gasteiger partial charge is 0.220 e. The Labute approximate surface area is 110 Å². The second-order valence-corrected chi connectivity index (χ2v) is 5.84. The summed E-state index contributed by atoms with van der Waals surface area (Å²) < 4.78 is 0. The van der Waals surface area contributed by atoms with Gasteiger partial charge in [-0.1, -0.05) is 19.1 Å². The Hall–Kier alpha value is -0.830. The number of rotatable bonds is 4. The number of piperidine rings is 1. The Morgan fingerprint density at radius 2 is 2.33 bits per heavy atom. The molecule has 0 spiro atoms. The Balaban J connectivity index is 1.70. The van der Waals surface area contributed by atoms with Crippen LogP contribution < -0.4 is 10.6 Å². The summed E-state index contributed by atoms with van der Waals surface area (Å²) in [6, 6.07) is 0.374. The fourth-order valence-corrected chi connectivity index (χ4v) is 3.03. The van der Waals surface area contributed by atoms with E-state index < -0.39 is 0 Å². The van der Waals surface area contributed by atoms with E-state index in [0.717, 1.165) is 32.4 Å². The normalized spacial score (nSPS) is 29.8. The maximum Gasteiger partial charge on any atom is 0.220 e. The predicted octanol–water partition coefficient (Wildman–Crippen LogP) is 2.24. The van der Waals surface area contributed by atoms with Crippen molar-refractivity contribution in [3.8, 4) is 0 Å². The maximum absolute atomic E-state index is 12.0. The third-order valence-corrected chi connectivity index (χ3v) is 4.28. The third-order valence-electron chi connectivity index (χ3n) is 4.28. The molecule has 0 saturated carbocycles. The van der Waals surface area contributed by atoms with Crippen molar-refractivity contribution in [2.45, 2.75) is 51.5 Å². The van der Waals surface area contributed by atoms with Gasteiger partial charge in [-0.2, -0.15) is 0 Å². The lowest BCUT2D eigenvalue weighted by atomic mass is 9.85. The molecular weight excluding hydrogens is 224 g/mol. The molecule has 1 aliphatic carbocycles. The zero-order chi connectivity index (χ0) is 12.8. The minimum Gasteiger partial charge on any atom is -0.353 e. The van der Waals surface area contributed by atoms with Crippen LogP contribution in [0.3, 0.4) is 0 Å². The predicted molar refractivity (Wildman–Crippen MR) is 74.3 cm³/mol. The molecule has 1 aliphatic heterocycles. The Morgan fingerprint density at radius 3 is 3.00 bits per heavy atom. The van der Waals surface area contributed by atoms with Gasteiger partial charge in [0.15, 0.2) is 0 Å². The highest BCUT2D eigenvalue weighted by Crippen LogP contribution is 2.22. The van der Waals surface area contributed by atoms with Crippen LogP contribution in [0.2, 0.25) is 0 Å². The number of nitrogens with one attached hydrogen (secondary N) is 2. The van der Waals surface area contributed by atoms with Gasteiger partial charge in [0.2, 0.25) is 5.91 Å². The minimum absolute atomic E-state index is 0.244. The van der Waals surface area contributed by atoms with Crippen molar-refractivity contribution < 1.29 is 4.79 Å². The van der Waals surface area contributed by atoms with Gasteiger partial charge < -0.3 is 10.6 Å². The van der Waals surface area contributed by atoms with Gasteiger partial charge in [-0.3, -0.25) is 4.79 Å². The second-order valence-electron chi connectivity index (χ2n) is 5.84. The molecule has 2 aliphatic rings. The first-order valence-electron chi connectivity index (χ1n) is 7.41. The zero-order valence-corrected chi connectivity index (χ0v) is 11.5. The lowest BCUT2D eigenvalue weighted by molar-refractivity contribution is -0.123. The molecule has 3 heteroatoms. The molecule has 3 nitrogen and oxygen atoms in total. The molecule has 1 saturated heterocycles. The average Bonchev–Trinajstić information content (AvgIpc) is 2.40. The minimum atomic E-state index is 0.244. The highest BCUT2D eigenvalue weighted by atomic mass is 16.1. The lowest BCUT2D eigenvalue weighted by Crippen LogP contribution is -2.39. The van der Waals surface area contributed by atoms with Crippen molar-refractivity contribution in [2.24, 2.45) is 11.8 Å². The van der Waals surface area contributed by atoms with Crippen LogP contribution >= 0.6 is 0 Å². The highest BCUT2D eigenvalue weighted by molar-refractivity contribution is 5.76. The number of amides is 1. The van der Waals surface area contributed by atoms with E-state index in [1.54, 1.807) is 0 Å². The summed E-state index contributed by atoms with van der Waals surface area (Å²) in [6.07, 6.45) is 10.8. The molecule has 0 aromatic rings. The van der Waals surface area contributed by atoms with Crippen LogP contribution in [0, 0.1) is 11.8 Å². The van der Waals surface area contributed by atoms with Gasteiger partial charge in [0.1, 0.15) is 0 Å². The maximum atomic E-state index is 12.0. The van der Waals surface area contributed by atoms with Crippen LogP contribution in [0.25, 0.3) is 0 Å². The first-order chi connectivity index (χ1) is 8.75. The summed E-state index contributed by atoms with van der Waals surface area (Å²) in [5.74, 6) is 1.42. The van der Waals surface area contributed by atoms with Crippen molar-refractivity contribution in [2.75, 3.05) is 13.1 Å². The molecule has 0 aromatic heterocycles. The summed E-state index contributed by atoms with van der Waals surface area (Å²) in [6.45, 7) is 4.45. The van der Waals surface area contributed by atoms with Crippen LogP contribution in [0.4, 0.5) is 0 Å². The van der Waals surface area contributed by atoms with Gasteiger partial charge in [-0.25, -0.2) is 0 Å². The van der Waals surface area contributed by atoms with E-state index in [9.17, 15) is 4.79 Å². The van der Waals surface area contributed by atoms with Crippen LogP contribution in [-0.2, 0) is 4.79 Å². The van der Waals surface area contributed by atoms with Crippen LogP contribution in [0.1, 0.15) is 45.4 Å². The van der Waals surface area contributed by atoms with Crippen LogP contribution in [0.15, 0.2) is 12.2 Å². The van der Waals surface area contributed by atoms with Crippen molar-refractivity contribution >= 4 is 5.91 Å². The van der Waals surface area contributed by atoms with E-state index in [1.807, 2.05) is 0 Å². The molecule has 18 heavy (non-hydrogen) atoms. The van der Waals surface area contributed by atoms with E-state index in [1.165, 1.54) is 12.8 Å². The number of carbonyl (C=O) groups excluding carboxylic acids is 1. The van der Waals surface area contributed by atoms with Gasteiger partial charge in [0.05, 0.1) is 0 Å². The average molecular weight is 250 g/mol. The molecule has 1 fully saturated rings. The molecule has 2 N–H and O–H groups in total. The molecule has 1 amide bonds. The fraction of sp³-hybridized carbons (Fsp3) is 0.800. The molecule has 3 unspecified atom stereocenters. The van der Waals surface area contributed by atoms with E-state index in [2.05, 4.69) is 29.7 Å². The second kappa shape index (κ2) is 6.93. The van der Waals surface area contributed by atoms with Gasteiger partial charge >= 0.3 is 0 Å². The monoisotopic (exact) mass is 250 g/mol. The number of allylic oxidation sites excluding steroid dienone is 1. The van der Waals surface area contributed by atoms with Gasteiger partial charge in [-0.15, -0.1) is 0 Å². The van der Waals surface area contributed by atoms with Gasteiger partial charge in [0, 0.05) is 12.5 Å². The first-order valence-corrected chi connectivity index (χ1v) is 7.41. The highest BCUT2D eigenvalue weighted by Gasteiger charge is 2.23. The van der Waals surface area contributed by atoms with Crippen LogP contribution in [0.5, 0.6) is 0 Å². The topological polar surface area (TPSA) is 41.1 Å². The number of carbonyl (C=O) groups is 1. The molecule has 1 heterocycles. The van der Waals surface area contributed by atoms with Crippen molar-refractivity contribution in [3.05, 3.63) is 12.2 Å². The number of hydrogen-bond donors (Lipinski definition) is 2. The third kappa shape index (κ3) is 4.13. The summed E-state index contributed by atoms with van der Waals surface area (Å²) in [5.41, 5.74) is 0. The van der Waals surface area contributed by atoms with Crippen molar-refractivity contribution in [1.82, 2.24) is 10.6 Å². The molecule has 0 radical (unpaired) electrons. The lowest BCUT2D eigenvalue weighted by Gasteiger charge is -2.28. The number of hydrogen-bond acceptors (Lipinski definition) is 2. The molecule has 102 valence electrons. The van der Waals surface area contributed by atoms with E-state index in [-0.39, 0.29) is 5.91 Å². The largest absolute Gasteiger partial charge is 0.353 e.